The Morgan fingerprint density at radius 3 is 2.61 bits per heavy atom. The number of allylic oxidation sites excluding steroid dienone is 2. The van der Waals surface area contributed by atoms with Crippen LogP contribution in [0.4, 0.5) is 0 Å². The summed E-state index contributed by atoms with van der Waals surface area (Å²) in [5.74, 6) is -0.775. The lowest BCUT2D eigenvalue weighted by Crippen LogP contribution is -2.14. The third kappa shape index (κ3) is 1.42. The second-order valence-corrected chi connectivity index (χ2v) is 4.91. The van der Waals surface area contributed by atoms with Gasteiger partial charge in [-0.25, -0.2) is 0 Å². The SMILES string of the molecule is O=C1C(Br)=CC(=O)c2c1cc1ccccc1c2O. The number of Topliss-reactive ketones (excluding diaryl/α,β-unsaturated/α-hetero) is 1. The Bertz CT molecular complexity index is 744. The normalized spacial score (nSPS) is 14.6. The van der Waals surface area contributed by atoms with Crippen LogP contribution < -0.4 is 0 Å². The van der Waals surface area contributed by atoms with E-state index in [-0.39, 0.29) is 32.9 Å². The second-order valence-electron chi connectivity index (χ2n) is 4.05. The van der Waals surface area contributed by atoms with E-state index in [1.807, 2.05) is 6.07 Å². The molecule has 0 saturated heterocycles. The number of carbonyl (C=O) groups excluding carboxylic acids is 2. The summed E-state index contributed by atoms with van der Waals surface area (Å²) < 4.78 is 0.217. The van der Waals surface area contributed by atoms with E-state index in [1.165, 1.54) is 6.08 Å². The first-order valence-corrected chi connectivity index (χ1v) is 6.10. The molecule has 0 unspecified atom stereocenters. The predicted octanol–water partition coefficient (Wildman–Crippen LogP) is 3.20. The number of aromatic hydroxyl groups is 1. The lowest BCUT2D eigenvalue weighted by atomic mass is 9.90. The largest absolute Gasteiger partial charge is 0.507 e. The first kappa shape index (κ1) is 11.2. The van der Waals surface area contributed by atoms with E-state index in [0.29, 0.717) is 5.39 Å². The van der Waals surface area contributed by atoms with Crippen molar-refractivity contribution in [2.75, 3.05) is 0 Å². The lowest BCUT2D eigenvalue weighted by molar-refractivity contribution is 0.0990. The molecule has 0 amide bonds. The van der Waals surface area contributed by atoms with Gasteiger partial charge in [-0.15, -0.1) is 0 Å². The summed E-state index contributed by atoms with van der Waals surface area (Å²) in [6.45, 7) is 0. The van der Waals surface area contributed by atoms with Crippen LogP contribution in [0.3, 0.4) is 0 Å². The third-order valence-corrected chi connectivity index (χ3v) is 3.58. The Hall–Kier alpha value is -1.94. The molecule has 0 radical (unpaired) electrons. The molecule has 0 atom stereocenters. The summed E-state index contributed by atoms with van der Waals surface area (Å²) in [5, 5.41) is 11.5. The zero-order valence-electron chi connectivity index (χ0n) is 9.11. The maximum Gasteiger partial charge on any atom is 0.201 e. The van der Waals surface area contributed by atoms with E-state index in [4.69, 9.17) is 0 Å². The summed E-state index contributed by atoms with van der Waals surface area (Å²) in [6.07, 6.45) is 1.19. The molecule has 88 valence electrons. The highest BCUT2D eigenvalue weighted by molar-refractivity contribution is 9.12. The van der Waals surface area contributed by atoms with E-state index in [0.717, 1.165) is 5.39 Å². The molecule has 1 N–H and O–H groups in total. The summed E-state index contributed by atoms with van der Waals surface area (Å²) in [4.78, 5) is 23.9. The average Bonchev–Trinajstić information content (AvgIpc) is 2.36. The van der Waals surface area contributed by atoms with Crippen molar-refractivity contribution in [3.63, 3.8) is 0 Å². The second kappa shape index (κ2) is 3.78. The fourth-order valence-electron chi connectivity index (χ4n) is 2.14. The molecular formula is C14H7BrO3. The first-order chi connectivity index (χ1) is 8.59. The van der Waals surface area contributed by atoms with Gasteiger partial charge in [0.05, 0.1) is 10.0 Å². The van der Waals surface area contributed by atoms with Gasteiger partial charge in [0, 0.05) is 17.0 Å². The molecule has 1 aliphatic carbocycles. The first-order valence-electron chi connectivity index (χ1n) is 5.30. The van der Waals surface area contributed by atoms with Gasteiger partial charge in [-0.1, -0.05) is 24.3 Å². The molecule has 4 heteroatoms. The fourth-order valence-corrected chi connectivity index (χ4v) is 2.56. The van der Waals surface area contributed by atoms with Crippen molar-refractivity contribution in [1.29, 1.82) is 0 Å². The van der Waals surface area contributed by atoms with Crippen molar-refractivity contribution >= 4 is 38.3 Å². The topological polar surface area (TPSA) is 54.4 Å². The van der Waals surface area contributed by atoms with Gasteiger partial charge in [0.25, 0.3) is 0 Å². The molecule has 0 heterocycles. The van der Waals surface area contributed by atoms with Crippen LogP contribution in [0.15, 0.2) is 40.9 Å². The highest BCUT2D eigenvalue weighted by Crippen LogP contribution is 2.36. The number of benzene rings is 2. The van der Waals surface area contributed by atoms with E-state index < -0.39 is 0 Å². The van der Waals surface area contributed by atoms with Gasteiger partial charge in [-0.3, -0.25) is 9.59 Å². The lowest BCUT2D eigenvalue weighted by Gasteiger charge is -2.15. The van der Waals surface area contributed by atoms with Crippen molar-refractivity contribution in [1.82, 2.24) is 0 Å². The quantitative estimate of drug-likeness (QED) is 0.813. The van der Waals surface area contributed by atoms with Gasteiger partial charge in [-0.05, 0) is 27.4 Å². The third-order valence-electron chi connectivity index (χ3n) is 2.99. The number of rotatable bonds is 0. The molecule has 0 fully saturated rings. The minimum Gasteiger partial charge on any atom is -0.507 e. The van der Waals surface area contributed by atoms with Crippen molar-refractivity contribution in [3.8, 4) is 5.75 Å². The summed E-state index contributed by atoms with van der Waals surface area (Å²) in [7, 11) is 0. The van der Waals surface area contributed by atoms with E-state index >= 15 is 0 Å². The Balaban J connectivity index is 2.46. The van der Waals surface area contributed by atoms with Crippen molar-refractivity contribution in [2.24, 2.45) is 0 Å². The van der Waals surface area contributed by atoms with E-state index in [9.17, 15) is 14.7 Å². The van der Waals surface area contributed by atoms with Crippen LogP contribution in [0.25, 0.3) is 10.8 Å². The highest BCUT2D eigenvalue weighted by atomic mass is 79.9. The van der Waals surface area contributed by atoms with Crippen LogP contribution in [-0.2, 0) is 0 Å². The van der Waals surface area contributed by atoms with Crippen LogP contribution in [0.5, 0.6) is 5.75 Å². The van der Waals surface area contributed by atoms with Crippen LogP contribution in [-0.4, -0.2) is 16.7 Å². The van der Waals surface area contributed by atoms with Gasteiger partial charge in [-0.2, -0.15) is 0 Å². The Kier molecular flexibility index (Phi) is 2.35. The number of hydrogen-bond acceptors (Lipinski definition) is 3. The minimum absolute atomic E-state index is 0.0851. The Morgan fingerprint density at radius 2 is 1.83 bits per heavy atom. The smallest absolute Gasteiger partial charge is 0.201 e. The molecular weight excluding hydrogens is 296 g/mol. The molecule has 0 saturated carbocycles. The molecule has 2 aromatic carbocycles. The number of fused-ring (bicyclic) bond motifs is 2. The zero-order chi connectivity index (χ0) is 12.9. The standard InChI is InChI=1S/C14H7BrO3/c15-10-6-11(16)12-9(13(10)17)5-7-3-1-2-4-8(7)14(12)18/h1-6,18H. The number of phenolic OH excluding ortho intramolecular Hbond substituents is 1. The fraction of sp³-hybridized carbons (Fsp3) is 0. The highest BCUT2D eigenvalue weighted by Gasteiger charge is 2.28. The van der Waals surface area contributed by atoms with Gasteiger partial charge in [0.1, 0.15) is 5.75 Å². The van der Waals surface area contributed by atoms with Gasteiger partial charge in [0.15, 0.2) is 5.78 Å². The molecule has 0 aliphatic heterocycles. The van der Waals surface area contributed by atoms with Crippen LogP contribution in [0.1, 0.15) is 20.7 Å². The average molecular weight is 303 g/mol. The van der Waals surface area contributed by atoms with Gasteiger partial charge < -0.3 is 5.11 Å². The molecule has 2 aromatic rings. The minimum atomic E-state index is -0.361. The number of hydrogen-bond donors (Lipinski definition) is 1. The Morgan fingerprint density at radius 1 is 1.11 bits per heavy atom. The zero-order valence-corrected chi connectivity index (χ0v) is 10.7. The Labute approximate surface area is 111 Å². The van der Waals surface area contributed by atoms with Gasteiger partial charge in [0.2, 0.25) is 5.78 Å². The van der Waals surface area contributed by atoms with Crippen molar-refractivity contribution in [3.05, 3.63) is 52.0 Å². The molecule has 0 spiro atoms. The predicted molar refractivity (Wildman–Crippen MR) is 71.3 cm³/mol. The van der Waals surface area contributed by atoms with E-state index in [1.54, 1.807) is 24.3 Å². The molecule has 18 heavy (non-hydrogen) atoms. The van der Waals surface area contributed by atoms with Crippen LogP contribution >= 0.6 is 15.9 Å². The van der Waals surface area contributed by atoms with Crippen LogP contribution in [0.2, 0.25) is 0 Å². The van der Waals surface area contributed by atoms with Gasteiger partial charge >= 0.3 is 0 Å². The maximum atomic E-state index is 12.0. The number of halogens is 1. The summed E-state index contributed by atoms with van der Waals surface area (Å²) in [6, 6.07) is 8.73. The summed E-state index contributed by atoms with van der Waals surface area (Å²) >= 11 is 3.06. The number of phenols is 1. The molecule has 3 nitrogen and oxygen atoms in total. The number of carbonyl (C=O) groups is 2. The van der Waals surface area contributed by atoms with Crippen molar-refractivity contribution in [2.45, 2.75) is 0 Å². The summed E-state index contributed by atoms with van der Waals surface area (Å²) in [5.41, 5.74) is 0.326. The molecule has 3 rings (SSSR count). The maximum absolute atomic E-state index is 12.0. The van der Waals surface area contributed by atoms with E-state index in [2.05, 4.69) is 15.9 Å². The van der Waals surface area contributed by atoms with Crippen LogP contribution in [0, 0.1) is 0 Å². The molecule has 0 bridgehead atoms. The molecule has 0 aromatic heterocycles. The number of ketones is 2. The molecule has 1 aliphatic rings. The monoisotopic (exact) mass is 302 g/mol. The van der Waals surface area contributed by atoms with Crippen molar-refractivity contribution < 1.29 is 14.7 Å².